The number of allylic oxidation sites excluding steroid dienone is 22. The Morgan fingerprint density at radius 3 is 0.739 bits per heavy atom. The first kappa shape index (κ1) is 84.0. The first-order valence-electron chi connectivity index (χ1n) is 37.7. The first-order chi connectivity index (χ1) is 43.6. The van der Waals surface area contributed by atoms with Crippen molar-refractivity contribution in [2.75, 3.05) is 13.2 Å². The highest BCUT2D eigenvalue weighted by Gasteiger charge is 2.16. The molecule has 0 aromatic rings. The quantitative estimate of drug-likeness (QED) is 0.0373. The molecule has 0 radical (unpaired) electrons. The number of carbonyl (C=O) groups excluding carboxylic acids is 2. The summed E-state index contributed by atoms with van der Waals surface area (Å²) in [6.07, 6.45) is 115. The maximum atomic E-state index is 12.4. The highest BCUT2D eigenvalue weighted by atomic mass is 16.6. The molecule has 5 nitrogen and oxygen atoms in total. The molecule has 0 aromatic carbocycles. The number of hydrogen-bond acceptors (Lipinski definition) is 5. The predicted octanol–water partition coefficient (Wildman–Crippen LogP) is 26.7. The topological polar surface area (TPSA) is 72.8 Å². The van der Waals surface area contributed by atoms with E-state index in [-0.39, 0.29) is 25.2 Å². The monoisotopic (exact) mass is 1220 g/mol. The number of carbonyl (C=O) groups is 2. The Labute approximate surface area is 546 Å². The summed E-state index contributed by atoms with van der Waals surface area (Å²) in [5.74, 6) is -0.596. The van der Waals surface area contributed by atoms with Crippen LogP contribution in [0.1, 0.15) is 361 Å². The lowest BCUT2D eigenvalue weighted by molar-refractivity contribution is -0.161. The summed E-state index contributed by atoms with van der Waals surface area (Å²) in [5.41, 5.74) is 0. The molecule has 1 unspecified atom stereocenters. The molecular formula is C83H142O5. The van der Waals surface area contributed by atoms with Gasteiger partial charge in [0.05, 0.1) is 6.61 Å². The molecule has 0 fully saturated rings. The smallest absolute Gasteiger partial charge is 0.306 e. The van der Waals surface area contributed by atoms with E-state index in [1.165, 1.54) is 225 Å². The zero-order valence-electron chi connectivity index (χ0n) is 58.0. The van der Waals surface area contributed by atoms with Crippen LogP contribution in [0.2, 0.25) is 0 Å². The molecule has 1 atom stereocenters. The molecule has 0 aromatic heterocycles. The second-order valence-electron chi connectivity index (χ2n) is 25.0. The lowest BCUT2D eigenvalue weighted by atomic mass is 10.0. The lowest BCUT2D eigenvalue weighted by Crippen LogP contribution is -2.28. The summed E-state index contributed by atoms with van der Waals surface area (Å²) in [6.45, 7) is 4.04. The van der Waals surface area contributed by atoms with E-state index in [4.69, 9.17) is 9.47 Å². The van der Waals surface area contributed by atoms with Gasteiger partial charge in [-0.25, -0.2) is 0 Å². The molecule has 0 bridgehead atoms. The average Bonchev–Trinajstić information content (AvgIpc) is 3.54. The molecule has 0 rings (SSSR count). The van der Waals surface area contributed by atoms with Crippen molar-refractivity contribution in [1.82, 2.24) is 0 Å². The van der Waals surface area contributed by atoms with Crippen molar-refractivity contribution in [3.8, 4) is 0 Å². The van der Waals surface area contributed by atoms with Crippen LogP contribution in [0.5, 0.6) is 0 Å². The normalized spacial score (nSPS) is 13.0. The molecule has 0 amide bonds. The fourth-order valence-corrected chi connectivity index (χ4v) is 10.8. The molecule has 504 valence electrons. The van der Waals surface area contributed by atoms with E-state index in [0.717, 1.165) is 109 Å². The number of aliphatic hydroxyl groups is 1. The van der Waals surface area contributed by atoms with Gasteiger partial charge in [0.15, 0.2) is 6.10 Å². The fraction of sp³-hybridized carbons (Fsp3) is 0.711. The van der Waals surface area contributed by atoms with E-state index in [2.05, 4.69) is 148 Å². The SMILES string of the molecule is CC/C=C\C/C=C\C/C=C\C/C=C\C/C=C\C/C=C\C/C=C\C/C=C\C/C=C\CCCCCCCCCC(=O)OC(CO)COC(=O)CCCCCCCCCCCCCCCCCCCCCCCCCCCCC/C=C\C/C=C\CCCCCCC. The van der Waals surface area contributed by atoms with Crippen molar-refractivity contribution in [2.45, 2.75) is 367 Å². The van der Waals surface area contributed by atoms with E-state index in [1.807, 2.05) is 0 Å². The number of unbranched alkanes of at least 4 members (excludes halogenated alkanes) is 39. The average molecular weight is 1220 g/mol. The minimum Gasteiger partial charge on any atom is -0.462 e. The number of esters is 2. The molecule has 88 heavy (non-hydrogen) atoms. The standard InChI is InChI=1S/C83H142O5/c1-3-5-7-9-11-13-15-17-19-21-23-25-27-29-31-33-35-37-39-40-41-42-44-45-47-49-51-53-55-57-59-61-63-65-67-69-71-73-75-77-82(85)87-80-81(79-84)88-83(86)78-76-74-72-70-68-66-64-62-60-58-56-54-52-50-48-46-43-38-36-34-32-30-28-26-24-22-20-18-16-14-12-10-8-6-4-2/h6,8,12,14-15,17-18,20-21,23-24,26,30,32,36,38,46,48,52,54,58,60,81,84H,3-5,7,9-11,13,16,19,22,25,27-29,31,33-35,37,39-45,47,49-51,53,55-57,59,61-80H2,1-2H3/b8-6-,14-12-,17-15-,20-18-,23-21-,26-24-,32-30-,38-36-,48-46-,54-52-,60-58-. The Morgan fingerprint density at radius 2 is 0.489 bits per heavy atom. The fourth-order valence-electron chi connectivity index (χ4n) is 10.8. The van der Waals surface area contributed by atoms with Crippen molar-refractivity contribution < 1.29 is 24.2 Å². The van der Waals surface area contributed by atoms with Gasteiger partial charge in [-0.1, -0.05) is 366 Å². The van der Waals surface area contributed by atoms with E-state index in [0.29, 0.717) is 12.8 Å². The summed E-state index contributed by atoms with van der Waals surface area (Å²) in [5, 5.41) is 9.72. The van der Waals surface area contributed by atoms with Crippen LogP contribution in [-0.2, 0) is 19.1 Å². The van der Waals surface area contributed by atoms with Crippen molar-refractivity contribution >= 4 is 11.9 Å². The van der Waals surface area contributed by atoms with Crippen LogP contribution >= 0.6 is 0 Å². The molecule has 0 saturated heterocycles. The molecule has 0 saturated carbocycles. The van der Waals surface area contributed by atoms with Gasteiger partial charge >= 0.3 is 11.9 Å². The van der Waals surface area contributed by atoms with Gasteiger partial charge in [-0.05, 0) is 116 Å². The third-order valence-electron chi connectivity index (χ3n) is 16.4. The summed E-state index contributed by atoms with van der Waals surface area (Å²) < 4.78 is 10.8. The number of aliphatic hydroxyl groups excluding tert-OH is 1. The zero-order valence-corrected chi connectivity index (χ0v) is 58.0. The summed E-state index contributed by atoms with van der Waals surface area (Å²) in [7, 11) is 0. The Hall–Kier alpha value is -3.96. The van der Waals surface area contributed by atoms with E-state index in [1.54, 1.807) is 0 Å². The third kappa shape index (κ3) is 74.5. The number of hydrogen-bond donors (Lipinski definition) is 1. The van der Waals surface area contributed by atoms with Gasteiger partial charge in [-0.3, -0.25) is 9.59 Å². The van der Waals surface area contributed by atoms with Crippen LogP contribution in [0, 0.1) is 0 Å². The Bertz CT molecular complexity index is 1770. The van der Waals surface area contributed by atoms with Crippen LogP contribution in [0.15, 0.2) is 134 Å². The van der Waals surface area contributed by atoms with Crippen LogP contribution in [0.4, 0.5) is 0 Å². The van der Waals surface area contributed by atoms with Gasteiger partial charge in [0.2, 0.25) is 0 Å². The highest BCUT2D eigenvalue weighted by molar-refractivity contribution is 5.70. The molecule has 0 aliphatic carbocycles. The van der Waals surface area contributed by atoms with E-state index in [9.17, 15) is 14.7 Å². The number of rotatable bonds is 69. The first-order valence-corrected chi connectivity index (χ1v) is 37.7. The molecule has 0 aliphatic rings. The third-order valence-corrected chi connectivity index (χ3v) is 16.4. The van der Waals surface area contributed by atoms with Crippen molar-refractivity contribution in [2.24, 2.45) is 0 Å². The van der Waals surface area contributed by atoms with E-state index >= 15 is 0 Å². The van der Waals surface area contributed by atoms with Crippen molar-refractivity contribution in [1.29, 1.82) is 0 Å². The van der Waals surface area contributed by atoms with Gasteiger partial charge in [-0.15, -0.1) is 0 Å². The van der Waals surface area contributed by atoms with Crippen LogP contribution in [-0.4, -0.2) is 36.4 Å². The largest absolute Gasteiger partial charge is 0.462 e. The van der Waals surface area contributed by atoms with Gasteiger partial charge < -0.3 is 14.6 Å². The predicted molar refractivity (Wildman–Crippen MR) is 389 cm³/mol. The summed E-state index contributed by atoms with van der Waals surface area (Å²) in [6, 6.07) is 0. The van der Waals surface area contributed by atoms with Crippen LogP contribution in [0.25, 0.3) is 0 Å². The Balaban J connectivity index is 3.48. The Kier molecular flexibility index (Phi) is 73.8. The van der Waals surface area contributed by atoms with Crippen molar-refractivity contribution in [3.63, 3.8) is 0 Å². The van der Waals surface area contributed by atoms with Gasteiger partial charge in [0.1, 0.15) is 6.61 Å². The molecular weight excluding hydrogens is 1080 g/mol. The second kappa shape index (κ2) is 77.3. The van der Waals surface area contributed by atoms with Gasteiger partial charge in [-0.2, -0.15) is 0 Å². The second-order valence-corrected chi connectivity index (χ2v) is 25.0. The maximum Gasteiger partial charge on any atom is 0.306 e. The summed E-state index contributed by atoms with van der Waals surface area (Å²) in [4.78, 5) is 24.7. The molecule has 1 N–H and O–H groups in total. The maximum absolute atomic E-state index is 12.4. The zero-order chi connectivity index (χ0) is 63.3. The van der Waals surface area contributed by atoms with Crippen LogP contribution in [0.3, 0.4) is 0 Å². The van der Waals surface area contributed by atoms with Gasteiger partial charge in [0, 0.05) is 12.8 Å². The molecule has 0 spiro atoms. The van der Waals surface area contributed by atoms with Crippen molar-refractivity contribution in [3.05, 3.63) is 134 Å². The highest BCUT2D eigenvalue weighted by Crippen LogP contribution is 2.18. The molecule has 0 heterocycles. The molecule has 5 heteroatoms. The molecule has 0 aliphatic heterocycles. The lowest BCUT2D eigenvalue weighted by Gasteiger charge is -2.15. The minimum absolute atomic E-state index is 0.0739. The minimum atomic E-state index is -0.787. The summed E-state index contributed by atoms with van der Waals surface area (Å²) >= 11 is 0. The van der Waals surface area contributed by atoms with E-state index < -0.39 is 6.10 Å². The number of ether oxygens (including phenoxy) is 2. The Morgan fingerprint density at radius 1 is 0.273 bits per heavy atom. The van der Waals surface area contributed by atoms with Crippen LogP contribution < -0.4 is 0 Å². The van der Waals surface area contributed by atoms with Gasteiger partial charge in [0.25, 0.3) is 0 Å².